The van der Waals surface area contributed by atoms with Gasteiger partial charge in [0.1, 0.15) is 6.10 Å². The van der Waals surface area contributed by atoms with E-state index in [1.54, 1.807) is 0 Å². The smallest absolute Gasteiger partial charge is 0.154 e. The quantitative estimate of drug-likeness (QED) is 0.361. The molecule has 0 aromatic carbocycles. The molecule has 2 aliphatic carbocycles. The van der Waals surface area contributed by atoms with Crippen LogP contribution in [0.4, 0.5) is 0 Å². The number of hydrogen-bond donors (Lipinski definition) is 0. The van der Waals surface area contributed by atoms with E-state index < -0.39 is 5.60 Å². The Hall–Kier alpha value is -0.630. The maximum atomic E-state index is 11.0. The van der Waals surface area contributed by atoms with Crippen molar-refractivity contribution in [2.75, 3.05) is 0 Å². The van der Waals surface area contributed by atoms with Gasteiger partial charge in [0.25, 0.3) is 0 Å². The minimum atomic E-state index is -0.400. The lowest BCUT2D eigenvalue weighted by molar-refractivity contribution is -0.112. The Bertz CT molecular complexity index is 322. The summed E-state index contributed by atoms with van der Waals surface area (Å²) < 4.78 is 5.63. The van der Waals surface area contributed by atoms with Crippen molar-refractivity contribution in [2.24, 2.45) is 17.3 Å². The van der Waals surface area contributed by atoms with E-state index >= 15 is 0 Å². The first-order valence-corrected chi connectivity index (χ1v) is 5.44. The van der Waals surface area contributed by atoms with Crippen molar-refractivity contribution in [3.05, 3.63) is 12.2 Å². The number of rotatable bonds is 1. The maximum absolute atomic E-state index is 11.0. The van der Waals surface area contributed by atoms with Crippen molar-refractivity contribution >= 4 is 6.29 Å². The lowest BCUT2D eigenvalue weighted by Gasteiger charge is -2.39. The Balaban J connectivity index is 2.02. The van der Waals surface area contributed by atoms with Gasteiger partial charge in [-0.2, -0.15) is 0 Å². The SMILES string of the molecule is CC1CC=CC2CC3(C=O)OC3C12C. The van der Waals surface area contributed by atoms with Crippen LogP contribution < -0.4 is 0 Å². The fourth-order valence-corrected chi connectivity index (χ4v) is 3.49. The number of hydrogen-bond acceptors (Lipinski definition) is 2. The average Bonchev–Trinajstić information content (AvgIpc) is 2.84. The largest absolute Gasteiger partial charge is 0.357 e. The minimum Gasteiger partial charge on any atom is -0.357 e. The van der Waals surface area contributed by atoms with Crippen LogP contribution in [0, 0.1) is 17.3 Å². The Morgan fingerprint density at radius 1 is 1.57 bits per heavy atom. The van der Waals surface area contributed by atoms with E-state index in [0.717, 1.165) is 19.1 Å². The lowest BCUT2D eigenvalue weighted by atomic mass is 9.65. The van der Waals surface area contributed by atoms with Crippen LogP contribution in [-0.2, 0) is 9.53 Å². The summed E-state index contributed by atoms with van der Waals surface area (Å²) in [7, 11) is 0. The molecule has 0 bridgehead atoms. The van der Waals surface area contributed by atoms with Crippen LogP contribution in [0.15, 0.2) is 12.2 Å². The first kappa shape index (κ1) is 8.66. The van der Waals surface area contributed by atoms with Crippen molar-refractivity contribution in [1.82, 2.24) is 0 Å². The van der Waals surface area contributed by atoms with Gasteiger partial charge < -0.3 is 9.53 Å². The number of fused-ring (bicyclic) bond motifs is 3. The molecule has 0 aromatic heterocycles. The number of aldehydes is 1. The number of epoxide rings is 1. The molecule has 0 aromatic rings. The van der Waals surface area contributed by atoms with Crippen LogP contribution in [0.2, 0.25) is 0 Å². The fourth-order valence-electron chi connectivity index (χ4n) is 3.49. The Labute approximate surface area is 84.3 Å². The second kappa shape index (κ2) is 2.30. The highest BCUT2D eigenvalue weighted by Gasteiger charge is 2.73. The zero-order valence-corrected chi connectivity index (χ0v) is 8.69. The number of carbonyl (C=O) groups is 1. The average molecular weight is 192 g/mol. The molecule has 0 amide bonds. The molecule has 1 heterocycles. The fraction of sp³-hybridized carbons (Fsp3) is 0.750. The molecule has 1 saturated heterocycles. The van der Waals surface area contributed by atoms with E-state index in [4.69, 9.17) is 4.74 Å². The third-order valence-corrected chi connectivity index (χ3v) is 4.75. The molecule has 5 atom stereocenters. The standard InChI is InChI=1S/C12H16O2/c1-8-4-3-5-9-6-12(7-13)10(14-12)11(8,9)2/h3,5,7-10H,4,6H2,1-2H3. The zero-order chi connectivity index (χ0) is 9.97. The van der Waals surface area contributed by atoms with E-state index in [0.29, 0.717) is 11.8 Å². The summed E-state index contributed by atoms with van der Waals surface area (Å²) >= 11 is 0. The molecule has 2 nitrogen and oxygen atoms in total. The van der Waals surface area contributed by atoms with Crippen molar-refractivity contribution < 1.29 is 9.53 Å². The van der Waals surface area contributed by atoms with Crippen LogP contribution in [0.3, 0.4) is 0 Å². The Morgan fingerprint density at radius 3 is 3.00 bits per heavy atom. The summed E-state index contributed by atoms with van der Waals surface area (Å²) in [5, 5.41) is 0. The molecule has 2 fully saturated rings. The van der Waals surface area contributed by atoms with Crippen molar-refractivity contribution in [2.45, 2.75) is 38.4 Å². The highest BCUT2D eigenvalue weighted by molar-refractivity contribution is 5.70. The van der Waals surface area contributed by atoms with Crippen LogP contribution in [-0.4, -0.2) is 18.0 Å². The highest BCUT2D eigenvalue weighted by atomic mass is 16.6. The van der Waals surface area contributed by atoms with E-state index in [9.17, 15) is 4.79 Å². The topological polar surface area (TPSA) is 29.6 Å². The molecule has 0 N–H and O–H groups in total. The summed E-state index contributed by atoms with van der Waals surface area (Å²) in [6, 6.07) is 0. The highest BCUT2D eigenvalue weighted by Crippen LogP contribution is 2.66. The van der Waals surface area contributed by atoms with Crippen molar-refractivity contribution in [3.63, 3.8) is 0 Å². The Kier molecular flexibility index (Phi) is 1.42. The second-order valence-corrected chi connectivity index (χ2v) is 5.31. The summed E-state index contributed by atoms with van der Waals surface area (Å²) in [6.07, 6.45) is 7.81. The number of ether oxygens (including phenoxy) is 1. The van der Waals surface area contributed by atoms with Gasteiger partial charge >= 0.3 is 0 Å². The number of carbonyl (C=O) groups excluding carboxylic acids is 1. The van der Waals surface area contributed by atoms with Gasteiger partial charge in [-0.3, -0.25) is 0 Å². The maximum Gasteiger partial charge on any atom is 0.154 e. The zero-order valence-electron chi connectivity index (χ0n) is 8.69. The normalized spacial score (nSPS) is 59.1. The predicted molar refractivity (Wildman–Crippen MR) is 52.8 cm³/mol. The van der Waals surface area contributed by atoms with Gasteiger partial charge in [0, 0.05) is 5.41 Å². The third-order valence-electron chi connectivity index (χ3n) is 4.75. The van der Waals surface area contributed by atoms with Crippen molar-refractivity contribution in [3.8, 4) is 0 Å². The van der Waals surface area contributed by atoms with Crippen LogP contribution in [0.25, 0.3) is 0 Å². The van der Waals surface area contributed by atoms with Crippen LogP contribution >= 0.6 is 0 Å². The van der Waals surface area contributed by atoms with Gasteiger partial charge in [-0.05, 0) is 24.7 Å². The summed E-state index contributed by atoms with van der Waals surface area (Å²) in [4.78, 5) is 11.0. The van der Waals surface area contributed by atoms with Gasteiger partial charge in [0.2, 0.25) is 0 Å². The third kappa shape index (κ3) is 0.750. The van der Waals surface area contributed by atoms with Gasteiger partial charge in [0.05, 0.1) is 0 Å². The lowest BCUT2D eigenvalue weighted by Crippen LogP contribution is -2.36. The number of allylic oxidation sites excluding steroid dienone is 2. The van der Waals surface area contributed by atoms with E-state index in [1.165, 1.54) is 0 Å². The molecule has 3 aliphatic rings. The Morgan fingerprint density at radius 2 is 2.36 bits per heavy atom. The summed E-state index contributed by atoms with van der Waals surface area (Å²) in [5.41, 5.74) is -0.196. The first-order valence-electron chi connectivity index (χ1n) is 5.44. The molecule has 5 unspecified atom stereocenters. The van der Waals surface area contributed by atoms with Gasteiger partial charge in [-0.25, -0.2) is 0 Å². The molecule has 3 rings (SSSR count). The van der Waals surface area contributed by atoms with E-state index in [2.05, 4.69) is 26.0 Å². The van der Waals surface area contributed by atoms with Crippen LogP contribution in [0.1, 0.15) is 26.7 Å². The minimum absolute atomic E-state index is 0.192. The molecular weight excluding hydrogens is 176 g/mol. The molecule has 14 heavy (non-hydrogen) atoms. The molecule has 1 aliphatic heterocycles. The summed E-state index contributed by atoms with van der Waals surface area (Å²) in [5.74, 6) is 1.18. The van der Waals surface area contributed by atoms with Crippen LogP contribution in [0.5, 0.6) is 0 Å². The van der Waals surface area contributed by atoms with Gasteiger partial charge in [-0.1, -0.05) is 26.0 Å². The molecule has 1 saturated carbocycles. The molecule has 0 radical (unpaired) electrons. The second-order valence-electron chi connectivity index (χ2n) is 5.31. The molecule has 76 valence electrons. The van der Waals surface area contributed by atoms with Gasteiger partial charge in [0.15, 0.2) is 11.9 Å². The summed E-state index contributed by atoms with van der Waals surface area (Å²) in [6.45, 7) is 4.56. The van der Waals surface area contributed by atoms with E-state index in [-0.39, 0.29) is 11.5 Å². The first-order chi connectivity index (χ1) is 6.63. The predicted octanol–water partition coefficient (Wildman–Crippen LogP) is 1.95. The van der Waals surface area contributed by atoms with Crippen molar-refractivity contribution in [1.29, 1.82) is 0 Å². The molecule has 0 spiro atoms. The van der Waals surface area contributed by atoms with Gasteiger partial charge in [-0.15, -0.1) is 0 Å². The molecule has 2 heteroatoms. The monoisotopic (exact) mass is 192 g/mol. The molecular formula is C12H16O2. The van der Waals surface area contributed by atoms with E-state index in [1.807, 2.05) is 0 Å².